The molecule has 0 spiro atoms. The Bertz CT molecular complexity index is 594. The third kappa shape index (κ3) is 5.66. The van der Waals surface area contributed by atoms with Crippen LogP contribution in [0.3, 0.4) is 0 Å². The Morgan fingerprint density at radius 1 is 1.14 bits per heavy atom. The maximum Gasteiger partial charge on any atom is 0.325 e. The van der Waals surface area contributed by atoms with Gasteiger partial charge in [-0.05, 0) is 18.2 Å². The van der Waals surface area contributed by atoms with E-state index in [-0.39, 0.29) is 29.5 Å². The summed E-state index contributed by atoms with van der Waals surface area (Å²) in [5.41, 5.74) is -0.309. The molecule has 5 nitrogen and oxygen atoms in total. The van der Waals surface area contributed by atoms with Gasteiger partial charge in [0.2, 0.25) is 0 Å². The topological polar surface area (TPSA) is 72.5 Å². The molecule has 1 amide bonds. The van der Waals surface area contributed by atoms with Crippen molar-refractivity contribution in [2.45, 2.75) is 20.8 Å². The number of Topliss-reactive ketones (excluding diaryl/α,β-unsaturated/α-hetero) is 1. The summed E-state index contributed by atoms with van der Waals surface area (Å²) in [6.45, 7) is 4.54. The number of hydrogen-bond acceptors (Lipinski definition) is 4. The molecule has 0 unspecified atom stereocenters. The zero-order chi connectivity index (χ0) is 16.9. The Morgan fingerprint density at radius 2 is 1.77 bits per heavy atom. The number of benzene rings is 1. The quantitative estimate of drug-likeness (QED) is 0.832. The highest BCUT2D eigenvalue weighted by Crippen LogP contribution is 2.22. The van der Waals surface area contributed by atoms with E-state index in [1.54, 1.807) is 20.8 Å². The predicted octanol–water partition coefficient (Wildman–Crippen LogP) is 2.88. The van der Waals surface area contributed by atoms with Crippen LogP contribution in [0.1, 0.15) is 31.1 Å². The molecule has 22 heavy (non-hydrogen) atoms. The molecule has 0 aliphatic carbocycles. The predicted molar refractivity (Wildman–Crippen MR) is 84.2 cm³/mol. The second-order valence-corrected chi connectivity index (χ2v) is 6.46. The summed E-state index contributed by atoms with van der Waals surface area (Å²) in [5, 5.41) is 2.96. The summed E-state index contributed by atoms with van der Waals surface area (Å²) in [4.78, 5) is 34.9. The number of esters is 1. The van der Waals surface area contributed by atoms with Crippen molar-refractivity contribution in [3.63, 3.8) is 0 Å². The molecule has 120 valence electrons. The minimum atomic E-state index is -0.689. The second kappa shape index (κ2) is 7.61. The molecule has 1 rings (SSSR count). The SMILES string of the molecule is CC(C)(C)C(=O)COC(=O)CNC(=O)c1ccc(Cl)c(Cl)c1. The van der Waals surface area contributed by atoms with Gasteiger partial charge >= 0.3 is 5.97 Å². The van der Waals surface area contributed by atoms with E-state index in [1.165, 1.54) is 18.2 Å². The number of nitrogens with one attached hydrogen (secondary N) is 1. The van der Waals surface area contributed by atoms with Crippen LogP contribution in [-0.4, -0.2) is 30.8 Å². The first-order valence-corrected chi connectivity index (χ1v) is 7.29. The molecule has 7 heteroatoms. The van der Waals surface area contributed by atoms with Gasteiger partial charge in [0.05, 0.1) is 10.0 Å². The lowest BCUT2D eigenvalue weighted by Gasteiger charge is -2.16. The van der Waals surface area contributed by atoms with Gasteiger partial charge < -0.3 is 10.1 Å². The lowest BCUT2D eigenvalue weighted by atomic mass is 9.91. The lowest BCUT2D eigenvalue weighted by Crippen LogP contribution is -2.33. The summed E-state index contributed by atoms with van der Waals surface area (Å²) >= 11 is 11.6. The summed E-state index contributed by atoms with van der Waals surface area (Å²) in [5.74, 6) is -1.37. The van der Waals surface area contributed by atoms with E-state index in [0.717, 1.165) is 0 Å². The number of carbonyl (C=O) groups is 3. The van der Waals surface area contributed by atoms with Gasteiger partial charge in [-0.3, -0.25) is 14.4 Å². The average molecular weight is 346 g/mol. The van der Waals surface area contributed by atoms with Gasteiger partial charge in [0.15, 0.2) is 12.4 Å². The van der Waals surface area contributed by atoms with Gasteiger partial charge in [0.1, 0.15) is 6.54 Å². The molecule has 0 radical (unpaired) electrons. The standard InChI is InChI=1S/C15H17Cl2NO4/c1-15(2,3)12(19)8-22-13(20)7-18-14(21)9-4-5-10(16)11(17)6-9/h4-6H,7-8H2,1-3H3,(H,18,21). The molecule has 0 saturated carbocycles. The Hall–Kier alpha value is -1.59. The smallest absolute Gasteiger partial charge is 0.325 e. The van der Waals surface area contributed by atoms with Crippen LogP contribution in [0.25, 0.3) is 0 Å². The van der Waals surface area contributed by atoms with E-state index >= 15 is 0 Å². The van der Waals surface area contributed by atoms with Crippen molar-refractivity contribution < 1.29 is 19.1 Å². The number of amides is 1. The highest BCUT2D eigenvalue weighted by atomic mass is 35.5. The molecule has 0 aliphatic rings. The van der Waals surface area contributed by atoms with Gasteiger partial charge in [-0.15, -0.1) is 0 Å². The van der Waals surface area contributed by atoms with Crippen molar-refractivity contribution in [3.8, 4) is 0 Å². The van der Waals surface area contributed by atoms with Crippen molar-refractivity contribution in [2.24, 2.45) is 5.41 Å². The molecule has 0 aromatic heterocycles. The number of rotatable bonds is 5. The van der Waals surface area contributed by atoms with Crippen LogP contribution in [0.5, 0.6) is 0 Å². The van der Waals surface area contributed by atoms with Gasteiger partial charge in [0.25, 0.3) is 5.91 Å². The molecule has 0 saturated heterocycles. The Labute approximate surface area is 138 Å². The van der Waals surface area contributed by atoms with E-state index in [4.69, 9.17) is 27.9 Å². The maximum atomic E-state index is 11.8. The normalized spacial score (nSPS) is 11.0. The van der Waals surface area contributed by atoms with Gasteiger partial charge in [-0.25, -0.2) is 0 Å². The van der Waals surface area contributed by atoms with Crippen molar-refractivity contribution >= 4 is 40.9 Å². The van der Waals surface area contributed by atoms with Crippen LogP contribution in [0, 0.1) is 5.41 Å². The lowest BCUT2D eigenvalue weighted by molar-refractivity contribution is -0.149. The van der Waals surface area contributed by atoms with Crippen LogP contribution < -0.4 is 5.32 Å². The molecule has 0 bridgehead atoms. The number of halogens is 2. The van der Waals surface area contributed by atoms with Crippen LogP contribution in [0.2, 0.25) is 10.0 Å². The molecule has 1 aromatic rings. The van der Waals surface area contributed by atoms with Gasteiger partial charge in [0, 0.05) is 11.0 Å². The van der Waals surface area contributed by atoms with Crippen LogP contribution in [0.15, 0.2) is 18.2 Å². The Balaban J connectivity index is 2.45. The first-order valence-electron chi connectivity index (χ1n) is 6.53. The van der Waals surface area contributed by atoms with Gasteiger partial charge in [-0.2, -0.15) is 0 Å². The van der Waals surface area contributed by atoms with Crippen LogP contribution in [-0.2, 0) is 14.3 Å². The van der Waals surface area contributed by atoms with Crippen molar-refractivity contribution in [1.29, 1.82) is 0 Å². The Kier molecular flexibility index (Phi) is 6.38. The summed E-state index contributed by atoms with van der Waals surface area (Å²) in [6.07, 6.45) is 0. The summed E-state index contributed by atoms with van der Waals surface area (Å²) in [7, 11) is 0. The zero-order valence-corrected chi connectivity index (χ0v) is 14.0. The fourth-order valence-electron chi connectivity index (χ4n) is 1.31. The third-order valence-electron chi connectivity index (χ3n) is 2.78. The molecule has 0 fully saturated rings. The summed E-state index contributed by atoms with van der Waals surface area (Å²) < 4.78 is 4.81. The van der Waals surface area contributed by atoms with E-state index in [0.29, 0.717) is 5.02 Å². The van der Waals surface area contributed by atoms with E-state index in [2.05, 4.69) is 5.32 Å². The maximum absolute atomic E-state index is 11.8. The molecular formula is C15H17Cl2NO4. The van der Waals surface area contributed by atoms with E-state index in [9.17, 15) is 14.4 Å². The third-order valence-corrected chi connectivity index (χ3v) is 3.51. The molecule has 1 aromatic carbocycles. The highest BCUT2D eigenvalue weighted by molar-refractivity contribution is 6.42. The molecular weight excluding hydrogens is 329 g/mol. The van der Waals surface area contributed by atoms with Crippen LogP contribution in [0.4, 0.5) is 0 Å². The largest absolute Gasteiger partial charge is 0.456 e. The number of ether oxygens (including phenoxy) is 1. The number of carbonyl (C=O) groups excluding carboxylic acids is 3. The monoisotopic (exact) mass is 345 g/mol. The number of hydrogen-bond donors (Lipinski definition) is 1. The number of ketones is 1. The van der Waals surface area contributed by atoms with E-state index < -0.39 is 17.3 Å². The highest BCUT2D eigenvalue weighted by Gasteiger charge is 2.22. The molecule has 1 N–H and O–H groups in total. The average Bonchev–Trinajstić information content (AvgIpc) is 2.43. The minimum Gasteiger partial charge on any atom is -0.456 e. The van der Waals surface area contributed by atoms with E-state index in [1.807, 2.05) is 0 Å². The first kappa shape index (κ1) is 18.5. The fraction of sp³-hybridized carbons (Fsp3) is 0.400. The fourth-order valence-corrected chi connectivity index (χ4v) is 1.60. The van der Waals surface area contributed by atoms with Crippen molar-refractivity contribution in [2.75, 3.05) is 13.2 Å². The second-order valence-electron chi connectivity index (χ2n) is 5.65. The van der Waals surface area contributed by atoms with Crippen molar-refractivity contribution in [3.05, 3.63) is 33.8 Å². The van der Waals surface area contributed by atoms with Crippen LogP contribution >= 0.6 is 23.2 Å². The Morgan fingerprint density at radius 3 is 2.32 bits per heavy atom. The van der Waals surface area contributed by atoms with Gasteiger partial charge in [-0.1, -0.05) is 44.0 Å². The molecule has 0 atom stereocenters. The molecule has 0 heterocycles. The minimum absolute atomic E-state index is 0.198. The molecule has 0 aliphatic heterocycles. The first-order chi connectivity index (χ1) is 10.1. The van der Waals surface area contributed by atoms with Crippen molar-refractivity contribution in [1.82, 2.24) is 5.32 Å². The summed E-state index contributed by atoms with van der Waals surface area (Å²) in [6, 6.07) is 4.37. The zero-order valence-electron chi connectivity index (χ0n) is 12.5.